The van der Waals surface area contributed by atoms with E-state index in [9.17, 15) is 9.59 Å². The number of nitrogens with zero attached hydrogens (tertiary/aromatic N) is 2. The molecule has 5 aromatic carbocycles. The number of rotatable bonds is 23. The number of ether oxygens (including phenoxy) is 2. The van der Waals surface area contributed by atoms with Gasteiger partial charge in [-0.05, 0) is 130 Å². The Kier molecular flexibility index (Phi) is 28.1. The summed E-state index contributed by atoms with van der Waals surface area (Å²) in [4.78, 5) is 36.9. The van der Waals surface area contributed by atoms with Gasteiger partial charge >= 0.3 is 5.97 Å². The molecular formula is C59H67N3O5S. The largest absolute Gasteiger partial charge is 0.493 e. The number of esters is 1. The van der Waals surface area contributed by atoms with E-state index in [-0.39, 0.29) is 5.78 Å². The minimum Gasteiger partial charge on any atom is -0.493 e. The van der Waals surface area contributed by atoms with Crippen LogP contribution in [0.15, 0.2) is 238 Å². The number of hydrogen-bond acceptors (Lipinski definition) is 9. The molecule has 0 aliphatic heterocycles. The van der Waals surface area contributed by atoms with Crippen LogP contribution in [0.3, 0.4) is 0 Å². The number of carbonyl (C=O) groups is 3. The number of thioether (sulfide) groups is 1. The van der Waals surface area contributed by atoms with Crippen LogP contribution in [0.2, 0.25) is 0 Å². The van der Waals surface area contributed by atoms with E-state index in [1.54, 1.807) is 36.9 Å². The Morgan fingerprint density at radius 1 is 0.765 bits per heavy atom. The number of aldehydes is 1. The second-order valence-corrected chi connectivity index (χ2v) is 15.7. The van der Waals surface area contributed by atoms with Crippen LogP contribution in [0.1, 0.15) is 38.3 Å². The number of para-hydroxylation sites is 3. The number of aryl methyl sites for hydroxylation is 1. The smallest absolute Gasteiger partial charge is 0.335 e. The first-order valence-corrected chi connectivity index (χ1v) is 23.2. The third-order valence-electron chi connectivity index (χ3n) is 9.44. The number of nitrogens with one attached hydrogen (secondary N) is 1. The van der Waals surface area contributed by atoms with Crippen molar-refractivity contribution in [3.63, 3.8) is 0 Å². The molecule has 0 saturated heterocycles. The summed E-state index contributed by atoms with van der Waals surface area (Å²) < 4.78 is 10.4. The maximum absolute atomic E-state index is 11.6. The molecule has 0 unspecified atom stereocenters. The summed E-state index contributed by atoms with van der Waals surface area (Å²) >= 11 is 1.77. The molecule has 0 spiro atoms. The second-order valence-electron chi connectivity index (χ2n) is 14.5. The van der Waals surface area contributed by atoms with Crippen LogP contribution in [0, 0.1) is 0 Å². The standard InChI is InChI=1S/C22H25NO3.C19H21NOS.C16H17N.C2H4O/c1-6-21(24)16-19-13-10-14-20(15-19)23(8-3)17(4)11-9-12-18(5)26-22(25)7-2;1-4-16(2)21-13-14-22-19-12-8-11-18(15-19)20(3)17-9-6-5-7-10-17;1-2-3-9-14-10-7-8-13-16(14)17-15-11-5-4-6-12-15;1-2-3/h6-7,9-15H,1-2,4,8,16H2,3,5H3;4-12,15H,1-2,13-14H2,3H3;2,4-8,10-13,17H,1,3,9H2;2H,1H3/b11-9-,18-12+;;;. The van der Waals surface area contributed by atoms with Gasteiger partial charge in [-0.25, -0.2) is 4.79 Å². The van der Waals surface area contributed by atoms with Gasteiger partial charge in [0.1, 0.15) is 17.8 Å². The van der Waals surface area contributed by atoms with Crippen LogP contribution < -0.4 is 15.1 Å². The number of hydrogen-bond donors (Lipinski definition) is 1. The zero-order chi connectivity index (χ0) is 49.9. The van der Waals surface area contributed by atoms with Crippen LogP contribution in [-0.2, 0) is 36.7 Å². The molecule has 0 fully saturated rings. The number of likely N-dealkylation sites (N-methyl/N-ethyl adjacent to an activating group) is 1. The number of allylic oxidation sites excluding steroid dienone is 7. The molecule has 68 heavy (non-hydrogen) atoms. The molecule has 5 aromatic rings. The van der Waals surface area contributed by atoms with Crippen molar-refractivity contribution >= 4 is 58.2 Å². The predicted octanol–water partition coefficient (Wildman–Crippen LogP) is 14.5. The van der Waals surface area contributed by atoms with Crippen molar-refractivity contribution in [3.05, 3.63) is 244 Å². The molecule has 5 rings (SSSR count). The van der Waals surface area contributed by atoms with Crippen molar-refractivity contribution in [3.8, 4) is 0 Å². The number of anilines is 5. The second kappa shape index (κ2) is 33.8. The molecule has 1 N–H and O–H groups in total. The van der Waals surface area contributed by atoms with Crippen LogP contribution >= 0.6 is 11.8 Å². The summed E-state index contributed by atoms with van der Waals surface area (Å²) in [5.74, 6) is 1.46. The van der Waals surface area contributed by atoms with E-state index in [0.717, 1.165) is 60.1 Å². The van der Waals surface area contributed by atoms with Crippen molar-refractivity contribution in [2.24, 2.45) is 0 Å². The molecule has 0 radical (unpaired) electrons. The molecule has 0 aliphatic rings. The molecule has 0 bridgehead atoms. The molecule has 8 nitrogen and oxygen atoms in total. The van der Waals surface area contributed by atoms with Gasteiger partial charge in [0.15, 0.2) is 5.78 Å². The Balaban J connectivity index is 0.000000346. The van der Waals surface area contributed by atoms with E-state index in [1.165, 1.54) is 40.5 Å². The quantitative estimate of drug-likeness (QED) is 0.0101. The van der Waals surface area contributed by atoms with Crippen LogP contribution in [-0.4, -0.2) is 44.0 Å². The lowest BCUT2D eigenvalue weighted by atomic mass is 10.1. The maximum atomic E-state index is 11.6. The summed E-state index contributed by atoms with van der Waals surface area (Å²) in [5, 5.41) is 3.45. The lowest BCUT2D eigenvalue weighted by molar-refractivity contribution is -0.133. The maximum Gasteiger partial charge on any atom is 0.335 e. The van der Waals surface area contributed by atoms with Crippen molar-refractivity contribution in [2.75, 3.05) is 41.1 Å². The van der Waals surface area contributed by atoms with Gasteiger partial charge in [0, 0.05) is 70.9 Å². The predicted molar refractivity (Wildman–Crippen MR) is 290 cm³/mol. The Hall–Kier alpha value is -7.62. The number of ketones is 1. The van der Waals surface area contributed by atoms with Gasteiger partial charge < -0.3 is 29.4 Å². The third-order valence-corrected chi connectivity index (χ3v) is 10.4. The minimum absolute atomic E-state index is 0.0152. The number of benzene rings is 5. The first kappa shape index (κ1) is 56.5. The van der Waals surface area contributed by atoms with E-state index >= 15 is 0 Å². The van der Waals surface area contributed by atoms with Crippen LogP contribution in [0.5, 0.6) is 0 Å². The zero-order valence-corrected chi connectivity index (χ0v) is 41.0. The highest BCUT2D eigenvalue weighted by Crippen LogP contribution is 2.28. The summed E-state index contributed by atoms with van der Waals surface area (Å²) in [6, 6.07) is 45.3. The molecule has 354 valence electrons. The summed E-state index contributed by atoms with van der Waals surface area (Å²) in [5.41, 5.74) is 8.64. The minimum atomic E-state index is -0.493. The summed E-state index contributed by atoms with van der Waals surface area (Å²) in [7, 11) is 2.08. The molecule has 0 heterocycles. The SMILES string of the molecule is C=CC(=C)OCCSc1cccc(N(C)c2ccccc2)c1.C=CC(=O)Cc1cccc(N(CC)C(=C)/C=C\C=C(/C)OC(=O)C=C)c1.C=CCCc1ccccc1Nc1ccccc1.CC=O. The van der Waals surface area contributed by atoms with Gasteiger partial charge in [0.2, 0.25) is 0 Å². The van der Waals surface area contributed by atoms with E-state index in [0.29, 0.717) is 24.5 Å². The van der Waals surface area contributed by atoms with Gasteiger partial charge in [-0.1, -0.05) is 118 Å². The molecule has 9 heteroatoms. The molecule has 0 amide bonds. The molecular weight excluding hydrogens is 863 g/mol. The Morgan fingerprint density at radius 2 is 1.40 bits per heavy atom. The topological polar surface area (TPSA) is 88.2 Å². The molecule has 0 saturated carbocycles. The fourth-order valence-electron chi connectivity index (χ4n) is 6.05. The van der Waals surface area contributed by atoms with Gasteiger partial charge in [-0.15, -0.1) is 18.3 Å². The van der Waals surface area contributed by atoms with E-state index < -0.39 is 5.97 Å². The highest BCUT2D eigenvalue weighted by Gasteiger charge is 2.09. The first-order chi connectivity index (χ1) is 32.9. The van der Waals surface area contributed by atoms with Gasteiger partial charge in [0.25, 0.3) is 0 Å². The molecule has 0 aliphatic carbocycles. The van der Waals surface area contributed by atoms with Crippen LogP contribution in [0.25, 0.3) is 0 Å². The lowest BCUT2D eigenvalue weighted by Crippen LogP contribution is -2.20. The van der Waals surface area contributed by atoms with Crippen LogP contribution in [0.4, 0.5) is 28.4 Å². The fourth-order valence-corrected chi connectivity index (χ4v) is 6.83. The van der Waals surface area contributed by atoms with Crippen molar-refractivity contribution < 1.29 is 23.9 Å². The van der Waals surface area contributed by atoms with Crippen molar-refractivity contribution in [1.82, 2.24) is 0 Å². The van der Waals surface area contributed by atoms with Gasteiger partial charge in [0.05, 0.1) is 6.61 Å². The van der Waals surface area contributed by atoms with E-state index in [2.05, 4.69) is 130 Å². The summed E-state index contributed by atoms with van der Waals surface area (Å²) in [6.07, 6.45) is 14.4. The van der Waals surface area contributed by atoms with Crippen molar-refractivity contribution in [1.29, 1.82) is 0 Å². The lowest BCUT2D eigenvalue weighted by Gasteiger charge is -2.24. The average Bonchev–Trinajstić information content (AvgIpc) is 3.36. The average molecular weight is 930 g/mol. The normalized spacial score (nSPS) is 10.1. The molecule has 0 aromatic heterocycles. The van der Waals surface area contributed by atoms with E-state index in [4.69, 9.17) is 14.3 Å². The summed E-state index contributed by atoms with van der Waals surface area (Å²) in [6.45, 7) is 28.6. The fraction of sp³-hybridized carbons (Fsp3) is 0.169. The molecule has 0 atom stereocenters. The zero-order valence-electron chi connectivity index (χ0n) is 40.1. The highest BCUT2D eigenvalue weighted by atomic mass is 32.2. The highest BCUT2D eigenvalue weighted by molar-refractivity contribution is 7.99. The van der Waals surface area contributed by atoms with Gasteiger partial charge in [-0.3, -0.25) is 4.79 Å². The van der Waals surface area contributed by atoms with Gasteiger partial charge in [-0.2, -0.15) is 0 Å². The number of carbonyl (C=O) groups excluding carboxylic acids is 3. The third kappa shape index (κ3) is 22.5. The monoisotopic (exact) mass is 929 g/mol. The first-order valence-electron chi connectivity index (χ1n) is 22.2. The van der Waals surface area contributed by atoms with E-state index in [1.807, 2.05) is 84.6 Å². The van der Waals surface area contributed by atoms with Crippen molar-refractivity contribution in [2.45, 2.75) is 44.9 Å². The Morgan fingerprint density at radius 3 is 2.04 bits per heavy atom. The Labute approximate surface area is 410 Å². The Bertz CT molecular complexity index is 2440.